The Kier molecular flexibility index (Phi) is 6.63. The van der Waals surface area contributed by atoms with Crippen molar-refractivity contribution in [2.45, 2.75) is 20.5 Å². The summed E-state index contributed by atoms with van der Waals surface area (Å²) in [5.74, 6) is -0.137. The third kappa shape index (κ3) is 5.69. The average molecular weight is 389 g/mol. The second-order valence-corrected chi connectivity index (χ2v) is 6.67. The topological polar surface area (TPSA) is 64.6 Å². The Balaban J connectivity index is 1.49. The summed E-state index contributed by atoms with van der Waals surface area (Å²) in [4.78, 5) is 24.3. The molecule has 5 nitrogen and oxygen atoms in total. The molecule has 0 aliphatic carbocycles. The van der Waals surface area contributed by atoms with Crippen molar-refractivity contribution in [2.24, 2.45) is 0 Å². The van der Waals surface area contributed by atoms with Gasteiger partial charge in [-0.15, -0.1) is 0 Å². The fourth-order valence-corrected chi connectivity index (χ4v) is 2.71. The Morgan fingerprint density at radius 2 is 1.59 bits per heavy atom. The van der Waals surface area contributed by atoms with Gasteiger partial charge in [0.2, 0.25) is 0 Å². The first-order valence-electron chi connectivity index (χ1n) is 9.33. The largest absolute Gasteiger partial charge is 0.489 e. The van der Waals surface area contributed by atoms with Crippen LogP contribution in [0.2, 0.25) is 0 Å². The maximum Gasteiger partial charge on any atom is 0.338 e. The van der Waals surface area contributed by atoms with E-state index in [9.17, 15) is 9.59 Å². The van der Waals surface area contributed by atoms with E-state index in [1.807, 2.05) is 62.4 Å². The number of carbonyl (C=O) groups excluding carboxylic acids is 2. The maximum atomic E-state index is 12.2. The lowest BCUT2D eigenvalue weighted by Gasteiger charge is -2.11. The molecule has 0 saturated heterocycles. The molecule has 5 heteroatoms. The van der Waals surface area contributed by atoms with Gasteiger partial charge in [-0.05, 0) is 60.9 Å². The van der Waals surface area contributed by atoms with Crippen LogP contribution in [0, 0.1) is 13.8 Å². The maximum absolute atomic E-state index is 12.2. The molecule has 3 rings (SSSR count). The third-order valence-corrected chi connectivity index (χ3v) is 4.55. The fraction of sp³-hybridized carbons (Fsp3) is 0.167. The monoisotopic (exact) mass is 389 g/mol. The van der Waals surface area contributed by atoms with Crippen LogP contribution in [-0.2, 0) is 16.1 Å². The molecule has 0 aliphatic rings. The minimum absolute atomic E-state index is 0.342. The van der Waals surface area contributed by atoms with Crippen molar-refractivity contribution in [1.82, 2.24) is 0 Å². The third-order valence-electron chi connectivity index (χ3n) is 4.55. The molecule has 0 spiro atoms. The number of benzene rings is 3. The zero-order chi connectivity index (χ0) is 20.6. The van der Waals surface area contributed by atoms with Crippen LogP contribution in [0.25, 0.3) is 0 Å². The molecule has 0 unspecified atom stereocenters. The molecule has 0 bridgehead atoms. The van der Waals surface area contributed by atoms with Crippen molar-refractivity contribution in [2.75, 3.05) is 11.9 Å². The van der Waals surface area contributed by atoms with Gasteiger partial charge < -0.3 is 14.8 Å². The number of nitrogens with one attached hydrogen (secondary N) is 1. The number of hydrogen-bond donors (Lipinski definition) is 1. The normalized spacial score (nSPS) is 10.3. The van der Waals surface area contributed by atoms with Crippen molar-refractivity contribution in [3.63, 3.8) is 0 Å². The van der Waals surface area contributed by atoms with Gasteiger partial charge in [0.15, 0.2) is 6.61 Å². The second-order valence-electron chi connectivity index (χ2n) is 6.67. The number of rotatable bonds is 7. The lowest BCUT2D eigenvalue weighted by molar-refractivity contribution is -0.119. The summed E-state index contributed by atoms with van der Waals surface area (Å²) in [7, 11) is 0. The van der Waals surface area contributed by atoms with Gasteiger partial charge in [-0.3, -0.25) is 4.79 Å². The minimum Gasteiger partial charge on any atom is -0.489 e. The van der Waals surface area contributed by atoms with Crippen LogP contribution in [0.3, 0.4) is 0 Å². The standard InChI is InChI=1S/C24H23NO4/c1-17-7-6-10-22(18(17)2)25-23(26)16-29-24(27)20-13-11-19(12-14-20)15-28-21-8-4-3-5-9-21/h3-14H,15-16H2,1-2H3,(H,25,26). The Bertz CT molecular complexity index is 982. The van der Waals surface area contributed by atoms with Gasteiger partial charge in [0.1, 0.15) is 12.4 Å². The van der Waals surface area contributed by atoms with Gasteiger partial charge in [0.05, 0.1) is 5.56 Å². The molecule has 0 aliphatic heterocycles. The molecule has 0 saturated carbocycles. The Hall–Kier alpha value is -3.60. The van der Waals surface area contributed by atoms with E-state index in [2.05, 4.69) is 5.32 Å². The van der Waals surface area contributed by atoms with Crippen LogP contribution in [0.4, 0.5) is 5.69 Å². The lowest BCUT2D eigenvalue weighted by atomic mass is 10.1. The van der Waals surface area contributed by atoms with Crippen LogP contribution in [-0.4, -0.2) is 18.5 Å². The van der Waals surface area contributed by atoms with E-state index >= 15 is 0 Å². The number of hydrogen-bond acceptors (Lipinski definition) is 4. The van der Waals surface area contributed by atoms with E-state index < -0.39 is 5.97 Å². The van der Waals surface area contributed by atoms with Crippen molar-refractivity contribution in [3.05, 3.63) is 95.1 Å². The lowest BCUT2D eigenvalue weighted by Crippen LogP contribution is -2.21. The summed E-state index contributed by atoms with van der Waals surface area (Å²) in [6, 6.07) is 22.1. The molecular weight excluding hydrogens is 366 g/mol. The van der Waals surface area contributed by atoms with Crippen molar-refractivity contribution in [1.29, 1.82) is 0 Å². The van der Waals surface area contributed by atoms with Gasteiger partial charge in [-0.1, -0.05) is 42.5 Å². The van der Waals surface area contributed by atoms with E-state index in [0.29, 0.717) is 17.9 Å². The zero-order valence-electron chi connectivity index (χ0n) is 16.5. The van der Waals surface area contributed by atoms with Crippen LogP contribution in [0.1, 0.15) is 27.0 Å². The molecule has 3 aromatic rings. The Labute approximate surface area is 170 Å². The molecule has 0 fully saturated rings. The summed E-state index contributed by atoms with van der Waals surface area (Å²) in [6.45, 7) is 3.96. The Morgan fingerprint density at radius 1 is 0.862 bits per heavy atom. The average Bonchev–Trinajstić information content (AvgIpc) is 2.75. The molecule has 148 valence electrons. The van der Waals surface area contributed by atoms with Gasteiger partial charge >= 0.3 is 5.97 Å². The number of ether oxygens (including phenoxy) is 2. The van der Waals surface area contributed by atoms with E-state index in [0.717, 1.165) is 22.4 Å². The first-order chi connectivity index (χ1) is 14.0. The highest BCUT2D eigenvalue weighted by atomic mass is 16.5. The molecule has 0 aromatic heterocycles. The summed E-state index contributed by atoms with van der Waals surface area (Å²) in [5.41, 5.74) is 4.09. The zero-order valence-corrected chi connectivity index (χ0v) is 16.5. The van der Waals surface area contributed by atoms with Crippen LogP contribution >= 0.6 is 0 Å². The second kappa shape index (κ2) is 9.55. The molecule has 0 heterocycles. The van der Waals surface area contributed by atoms with Gasteiger partial charge in [0.25, 0.3) is 5.91 Å². The summed E-state index contributed by atoms with van der Waals surface area (Å²) < 4.78 is 10.8. The van der Waals surface area contributed by atoms with Gasteiger partial charge in [0, 0.05) is 5.69 Å². The highest BCUT2D eigenvalue weighted by molar-refractivity contribution is 5.96. The molecule has 29 heavy (non-hydrogen) atoms. The molecule has 1 amide bonds. The molecule has 3 aromatic carbocycles. The Morgan fingerprint density at radius 3 is 2.31 bits per heavy atom. The van der Waals surface area contributed by atoms with E-state index in [1.54, 1.807) is 24.3 Å². The van der Waals surface area contributed by atoms with E-state index in [4.69, 9.17) is 9.47 Å². The first kappa shape index (κ1) is 20.1. The van der Waals surface area contributed by atoms with E-state index in [-0.39, 0.29) is 12.5 Å². The smallest absolute Gasteiger partial charge is 0.338 e. The first-order valence-corrected chi connectivity index (χ1v) is 9.33. The molecular formula is C24H23NO4. The number of para-hydroxylation sites is 1. The predicted octanol–water partition coefficient (Wildman–Crippen LogP) is 4.68. The van der Waals surface area contributed by atoms with Gasteiger partial charge in [-0.2, -0.15) is 0 Å². The summed E-state index contributed by atoms with van der Waals surface area (Å²) in [6.07, 6.45) is 0. The highest BCUT2D eigenvalue weighted by Gasteiger charge is 2.11. The summed E-state index contributed by atoms with van der Waals surface area (Å²) >= 11 is 0. The molecule has 1 N–H and O–H groups in total. The van der Waals surface area contributed by atoms with Gasteiger partial charge in [-0.25, -0.2) is 4.79 Å². The number of aryl methyl sites for hydroxylation is 1. The van der Waals surface area contributed by atoms with Crippen molar-refractivity contribution >= 4 is 17.6 Å². The fourth-order valence-electron chi connectivity index (χ4n) is 2.71. The van der Waals surface area contributed by atoms with Crippen molar-refractivity contribution in [3.8, 4) is 5.75 Å². The number of esters is 1. The number of amides is 1. The highest BCUT2D eigenvalue weighted by Crippen LogP contribution is 2.18. The molecule has 0 atom stereocenters. The minimum atomic E-state index is -0.545. The van der Waals surface area contributed by atoms with Crippen LogP contribution < -0.4 is 10.1 Å². The predicted molar refractivity (Wildman–Crippen MR) is 112 cm³/mol. The number of carbonyl (C=O) groups is 2. The number of anilines is 1. The molecule has 0 radical (unpaired) electrons. The van der Waals surface area contributed by atoms with Crippen molar-refractivity contribution < 1.29 is 19.1 Å². The SMILES string of the molecule is Cc1cccc(NC(=O)COC(=O)c2ccc(COc3ccccc3)cc2)c1C. The quantitative estimate of drug-likeness (QED) is 0.596. The van der Waals surface area contributed by atoms with E-state index in [1.165, 1.54) is 0 Å². The van der Waals surface area contributed by atoms with Crippen LogP contribution in [0.15, 0.2) is 72.8 Å². The van der Waals surface area contributed by atoms with Crippen LogP contribution in [0.5, 0.6) is 5.75 Å². The summed E-state index contributed by atoms with van der Waals surface area (Å²) in [5, 5.41) is 2.77.